The molecule has 0 aromatic rings. The molecular weight excluding hydrogens is 186 g/mol. The second kappa shape index (κ2) is 4.69. The van der Waals surface area contributed by atoms with Crippen molar-refractivity contribution in [3.63, 3.8) is 0 Å². The van der Waals surface area contributed by atoms with Crippen LogP contribution < -0.4 is 16.4 Å². The highest BCUT2D eigenvalue weighted by Gasteiger charge is 2.22. The number of carboxylic acid groups (broad SMARTS) is 1. The van der Waals surface area contributed by atoms with Crippen LogP contribution in [-0.2, 0) is 0 Å². The third kappa shape index (κ3) is 3.51. The molecule has 0 aromatic heterocycles. The average Bonchev–Trinajstić information content (AvgIpc) is 2.06. The molecule has 1 rings (SSSR count). The van der Waals surface area contributed by atoms with Gasteiger partial charge in [-0.15, -0.1) is 0 Å². The van der Waals surface area contributed by atoms with Crippen LogP contribution in [0.25, 0.3) is 0 Å². The van der Waals surface area contributed by atoms with Crippen LogP contribution >= 0.6 is 0 Å². The fourth-order valence-corrected chi connectivity index (χ4v) is 1.76. The zero-order chi connectivity index (χ0) is 10.6. The number of nitrogens with two attached hydrogens (primary N) is 1. The van der Waals surface area contributed by atoms with Crippen molar-refractivity contribution in [2.45, 2.75) is 37.8 Å². The highest BCUT2D eigenvalue weighted by atomic mass is 16.4. The molecule has 0 saturated heterocycles. The summed E-state index contributed by atoms with van der Waals surface area (Å²) in [6, 6.07) is -0.405. The number of nitrogens with one attached hydrogen (secondary N) is 2. The van der Waals surface area contributed by atoms with E-state index in [1.54, 1.807) is 0 Å². The first kappa shape index (κ1) is 10.6. The van der Waals surface area contributed by atoms with Crippen molar-refractivity contribution < 1.29 is 14.7 Å². The minimum atomic E-state index is -0.990. The van der Waals surface area contributed by atoms with Gasteiger partial charge in [0.05, 0.1) is 0 Å². The van der Waals surface area contributed by atoms with Crippen molar-refractivity contribution in [1.82, 2.24) is 10.6 Å². The summed E-state index contributed by atoms with van der Waals surface area (Å²) in [6.07, 6.45) is 2.05. The van der Waals surface area contributed by atoms with E-state index in [1.165, 1.54) is 0 Å². The van der Waals surface area contributed by atoms with Crippen molar-refractivity contribution in [2.24, 2.45) is 5.73 Å². The van der Waals surface area contributed by atoms with Gasteiger partial charge < -0.3 is 21.5 Å². The molecule has 0 aliphatic heterocycles. The zero-order valence-corrected chi connectivity index (χ0v) is 7.82. The summed E-state index contributed by atoms with van der Waals surface area (Å²) < 4.78 is 0. The Labute approximate surface area is 81.8 Å². The number of hydrogen-bond acceptors (Lipinski definition) is 2. The summed E-state index contributed by atoms with van der Waals surface area (Å²) in [7, 11) is 0. The number of primary amides is 1. The predicted molar refractivity (Wildman–Crippen MR) is 49.9 cm³/mol. The van der Waals surface area contributed by atoms with Crippen LogP contribution in [0.15, 0.2) is 0 Å². The summed E-state index contributed by atoms with van der Waals surface area (Å²) in [5.41, 5.74) is 4.98. The molecule has 1 aliphatic carbocycles. The summed E-state index contributed by atoms with van der Waals surface area (Å²) >= 11 is 0. The molecule has 1 saturated carbocycles. The molecule has 1 aliphatic rings. The van der Waals surface area contributed by atoms with Gasteiger partial charge in [-0.3, -0.25) is 0 Å². The number of hydrogen-bond donors (Lipinski definition) is 4. The lowest BCUT2D eigenvalue weighted by Crippen LogP contribution is -2.45. The Hall–Kier alpha value is -1.46. The van der Waals surface area contributed by atoms with Crippen molar-refractivity contribution in [1.29, 1.82) is 0 Å². The van der Waals surface area contributed by atoms with Crippen LogP contribution in [0.5, 0.6) is 0 Å². The molecular formula is C8H15N3O3. The summed E-state index contributed by atoms with van der Waals surface area (Å²) in [5, 5.41) is 13.5. The highest BCUT2D eigenvalue weighted by molar-refractivity contribution is 5.72. The maximum Gasteiger partial charge on any atom is 0.404 e. The van der Waals surface area contributed by atoms with Gasteiger partial charge in [-0.25, -0.2) is 9.59 Å². The van der Waals surface area contributed by atoms with Gasteiger partial charge >= 0.3 is 12.1 Å². The summed E-state index contributed by atoms with van der Waals surface area (Å²) in [5.74, 6) is 0. The topological polar surface area (TPSA) is 104 Å². The van der Waals surface area contributed by atoms with Gasteiger partial charge in [-0.2, -0.15) is 0 Å². The van der Waals surface area contributed by atoms with Crippen LogP contribution in [0.1, 0.15) is 25.7 Å². The van der Waals surface area contributed by atoms with Crippen molar-refractivity contribution >= 4 is 12.1 Å². The number of amides is 3. The van der Waals surface area contributed by atoms with Crippen LogP contribution in [-0.4, -0.2) is 29.3 Å². The largest absolute Gasteiger partial charge is 0.465 e. The number of rotatable bonds is 2. The molecule has 1 fully saturated rings. The number of urea groups is 1. The van der Waals surface area contributed by atoms with Gasteiger partial charge in [-0.1, -0.05) is 0 Å². The van der Waals surface area contributed by atoms with Gasteiger partial charge in [0.15, 0.2) is 0 Å². The quantitative estimate of drug-likeness (QED) is 0.514. The molecule has 14 heavy (non-hydrogen) atoms. The Morgan fingerprint density at radius 2 is 1.50 bits per heavy atom. The summed E-state index contributed by atoms with van der Waals surface area (Å²) in [4.78, 5) is 20.9. The smallest absolute Gasteiger partial charge is 0.404 e. The second-order valence-electron chi connectivity index (χ2n) is 3.51. The van der Waals surface area contributed by atoms with Gasteiger partial charge in [-0.05, 0) is 25.7 Å². The van der Waals surface area contributed by atoms with E-state index in [0.717, 1.165) is 25.7 Å². The minimum Gasteiger partial charge on any atom is -0.465 e. The third-order valence-corrected chi connectivity index (χ3v) is 2.40. The molecule has 0 bridgehead atoms. The van der Waals surface area contributed by atoms with Gasteiger partial charge in [0.2, 0.25) is 0 Å². The lowest BCUT2D eigenvalue weighted by molar-refractivity contribution is 0.183. The molecule has 0 atom stereocenters. The van der Waals surface area contributed by atoms with E-state index in [2.05, 4.69) is 10.6 Å². The number of carbonyl (C=O) groups is 2. The second-order valence-corrected chi connectivity index (χ2v) is 3.51. The Kier molecular flexibility index (Phi) is 3.55. The molecule has 0 unspecified atom stereocenters. The Balaban J connectivity index is 2.24. The summed E-state index contributed by atoms with van der Waals surface area (Å²) in [6.45, 7) is 0. The Morgan fingerprint density at radius 1 is 1.07 bits per heavy atom. The SMILES string of the molecule is NC(=O)NC1CCC(NC(=O)O)CC1. The van der Waals surface area contributed by atoms with Crippen molar-refractivity contribution in [3.05, 3.63) is 0 Å². The molecule has 6 nitrogen and oxygen atoms in total. The van der Waals surface area contributed by atoms with Crippen LogP contribution in [0.3, 0.4) is 0 Å². The maximum absolute atomic E-state index is 10.5. The van der Waals surface area contributed by atoms with E-state index >= 15 is 0 Å². The molecule has 0 aromatic carbocycles. The molecule has 0 heterocycles. The Morgan fingerprint density at radius 3 is 1.86 bits per heavy atom. The van der Waals surface area contributed by atoms with Crippen LogP contribution in [0, 0.1) is 0 Å². The lowest BCUT2D eigenvalue weighted by Gasteiger charge is -2.28. The Bertz CT molecular complexity index is 200. The predicted octanol–water partition coefficient (Wildman–Crippen LogP) is 0.233. The van der Waals surface area contributed by atoms with E-state index in [9.17, 15) is 9.59 Å². The van der Waals surface area contributed by atoms with E-state index in [1.807, 2.05) is 0 Å². The monoisotopic (exact) mass is 201 g/mol. The molecule has 5 N–H and O–H groups in total. The fraction of sp³-hybridized carbons (Fsp3) is 0.750. The van der Waals surface area contributed by atoms with Crippen LogP contribution in [0.4, 0.5) is 9.59 Å². The highest BCUT2D eigenvalue weighted by Crippen LogP contribution is 2.18. The van der Waals surface area contributed by atoms with Crippen molar-refractivity contribution in [2.75, 3.05) is 0 Å². The van der Waals surface area contributed by atoms with Gasteiger partial charge in [0.25, 0.3) is 0 Å². The van der Waals surface area contributed by atoms with Gasteiger partial charge in [0, 0.05) is 12.1 Å². The molecule has 3 amide bonds. The van der Waals surface area contributed by atoms with E-state index in [4.69, 9.17) is 10.8 Å². The maximum atomic E-state index is 10.5. The van der Waals surface area contributed by atoms with Crippen LogP contribution in [0.2, 0.25) is 0 Å². The minimum absolute atomic E-state index is 0.0124. The standard InChI is InChI=1S/C8H15N3O3/c9-7(12)10-5-1-3-6(4-2-5)11-8(13)14/h5-6,11H,1-4H2,(H,13,14)(H3,9,10,12). The molecule has 6 heteroatoms. The third-order valence-electron chi connectivity index (χ3n) is 2.40. The van der Waals surface area contributed by atoms with E-state index in [-0.39, 0.29) is 12.1 Å². The molecule has 0 radical (unpaired) electrons. The normalized spacial score (nSPS) is 26.6. The van der Waals surface area contributed by atoms with E-state index < -0.39 is 12.1 Å². The zero-order valence-electron chi connectivity index (χ0n) is 7.82. The van der Waals surface area contributed by atoms with Gasteiger partial charge in [0.1, 0.15) is 0 Å². The number of carbonyl (C=O) groups excluding carboxylic acids is 1. The lowest BCUT2D eigenvalue weighted by atomic mass is 9.91. The first-order valence-electron chi connectivity index (χ1n) is 4.63. The van der Waals surface area contributed by atoms with Crippen molar-refractivity contribution in [3.8, 4) is 0 Å². The average molecular weight is 201 g/mol. The fourth-order valence-electron chi connectivity index (χ4n) is 1.76. The first-order chi connectivity index (χ1) is 6.58. The van der Waals surface area contributed by atoms with E-state index in [0.29, 0.717) is 0 Å². The molecule has 80 valence electrons. The molecule has 0 spiro atoms. The first-order valence-corrected chi connectivity index (χ1v) is 4.63.